The highest BCUT2D eigenvalue weighted by atomic mass is 16.2. The van der Waals surface area contributed by atoms with Crippen molar-refractivity contribution in [1.29, 1.82) is 0 Å². The van der Waals surface area contributed by atoms with Crippen molar-refractivity contribution >= 4 is 11.8 Å². The van der Waals surface area contributed by atoms with Gasteiger partial charge in [0.2, 0.25) is 0 Å². The molecule has 0 unspecified atom stereocenters. The molecular formula is C24H28N2O2. The van der Waals surface area contributed by atoms with Gasteiger partial charge in [0, 0.05) is 29.8 Å². The average molecular weight is 377 g/mol. The van der Waals surface area contributed by atoms with Crippen LogP contribution in [-0.4, -0.2) is 28.8 Å². The number of carbonyl (C=O) groups excluding carboxylic acids is 2. The van der Waals surface area contributed by atoms with Crippen molar-refractivity contribution in [3.05, 3.63) is 70.8 Å². The summed E-state index contributed by atoms with van der Waals surface area (Å²) in [6.45, 7) is 4.89. The van der Waals surface area contributed by atoms with Gasteiger partial charge in [-0.25, -0.2) is 0 Å². The molecule has 0 radical (unpaired) electrons. The fourth-order valence-corrected chi connectivity index (χ4v) is 3.38. The Balaban J connectivity index is 1.44. The van der Waals surface area contributed by atoms with Gasteiger partial charge >= 0.3 is 0 Å². The van der Waals surface area contributed by atoms with E-state index >= 15 is 0 Å². The Hall–Kier alpha value is -2.62. The first-order valence-corrected chi connectivity index (χ1v) is 10.3. The monoisotopic (exact) mass is 376 g/mol. The van der Waals surface area contributed by atoms with Crippen molar-refractivity contribution in [3.8, 4) is 0 Å². The largest absolute Gasteiger partial charge is 0.349 e. The van der Waals surface area contributed by atoms with E-state index in [0.29, 0.717) is 30.1 Å². The fraction of sp³-hybridized carbons (Fsp3) is 0.417. The average Bonchev–Trinajstić information content (AvgIpc) is 3.61. The quantitative estimate of drug-likeness (QED) is 0.773. The van der Waals surface area contributed by atoms with E-state index in [1.54, 1.807) is 0 Å². The van der Waals surface area contributed by atoms with Crippen LogP contribution in [0.25, 0.3) is 0 Å². The zero-order chi connectivity index (χ0) is 19.7. The predicted molar refractivity (Wildman–Crippen MR) is 110 cm³/mol. The summed E-state index contributed by atoms with van der Waals surface area (Å²) in [5.41, 5.74) is 3.73. The maximum Gasteiger partial charge on any atom is 0.254 e. The first-order valence-electron chi connectivity index (χ1n) is 10.3. The molecular weight excluding hydrogens is 348 g/mol. The number of nitrogens with one attached hydrogen (secondary N) is 1. The fourth-order valence-electron chi connectivity index (χ4n) is 3.38. The Kier molecular flexibility index (Phi) is 5.21. The highest BCUT2D eigenvalue weighted by molar-refractivity contribution is 5.95. The number of nitrogens with zero attached hydrogens (tertiary/aromatic N) is 1. The van der Waals surface area contributed by atoms with Gasteiger partial charge in [0.05, 0.1) is 0 Å². The van der Waals surface area contributed by atoms with Crippen LogP contribution in [0.15, 0.2) is 48.5 Å². The first kappa shape index (κ1) is 18.7. The number of rotatable bonds is 7. The van der Waals surface area contributed by atoms with Crippen molar-refractivity contribution in [3.63, 3.8) is 0 Å². The molecule has 0 aromatic heterocycles. The summed E-state index contributed by atoms with van der Waals surface area (Å²) in [5, 5.41) is 3.01. The van der Waals surface area contributed by atoms with Crippen LogP contribution >= 0.6 is 0 Å². The maximum absolute atomic E-state index is 13.1. The summed E-state index contributed by atoms with van der Waals surface area (Å²) < 4.78 is 0. The van der Waals surface area contributed by atoms with Gasteiger partial charge in [0.1, 0.15) is 0 Å². The Labute approximate surface area is 166 Å². The molecule has 0 atom stereocenters. The first-order chi connectivity index (χ1) is 13.5. The van der Waals surface area contributed by atoms with Crippen LogP contribution in [-0.2, 0) is 6.54 Å². The molecule has 1 N–H and O–H groups in total. The van der Waals surface area contributed by atoms with Crippen LogP contribution in [0.5, 0.6) is 0 Å². The van der Waals surface area contributed by atoms with Gasteiger partial charge < -0.3 is 10.2 Å². The molecule has 146 valence electrons. The smallest absolute Gasteiger partial charge is 0.254 e. The summed E-state index contributed by atoms with van der Waals surface area (Å²) in [6, 6.07) is 16.3. The van der Waals surface area contributed by atoms with E-state index in [0.717, 1.165) is 36.8 Å². The number of hydrogen-bond acceptors (Lipinski definition) is 2. The van der Waals surface area contributed by atoms with E-state index in [4.69, 9.17) is 0 Å². The van der Waals surface area contributed by atoms with Crippen LogP contribution in [0.1, 0.15) is 77.3 Å². The molecule has 2 aromatic rings. The third-order valence-electron chi connectivity index (χ3n) is 5.55. The van der Waals surface area contributed by atoms with Gasteiger partial charge in [-0.1, -0.05) is 38.1 Å². The van der Waals surface area contributed by atoms with Gasteiger partial charge in [0.15, 0.2) is 0 Å². The van der Waals surface area contributed by atoms with Gasteiger partial charge in [-0.05, 0) is 67.0 Å². The van der Waals surface area contributed by atoms with E-state index < -0.39 is 0 Å². The molecule has 2 amide bonds. The summed E-state index contributed by atoms with van der Waals surface area (Å²) in [5.74, 6) is 0.544. The molecule has 4 rings (SSSR count). The minimum Gasteiger partial charge on any atom is -0.349 e. The summed E-state index contributed by atoms with van der Waals surface area (Å²) in [7, 11) is 0. The van der Waals surface area contributed by atoms with E-state index in [1.807, 2.05) is 41.3 Å². The molecule has 0 bridgehead atoms. The molecule has 28 heavy (non-hydrogen) atoms. The lowest BCUT2D eigenvalue weighted by atomic mass is 10.0. The number of amides is 2. The number of hydrogen-bond donors (Lipinski definition) is 1. The molecule has 0 heterocycles. The van der Waals surface area contributed by atoms with Crippen molar-refractivity contribution < 1.29 is 9.59 Å². The molecule has 0 saturated heterocycles. The molecule has 2 aliphatic carbocycles. The lowest BCUT2D eigenvalue weighted by molar-refractivity contribution is 0.0729. The molecule has 4 heteroatoms. The van der Waals surface area contributed by atoms with Crippen molar-refractivity contribution in [1.82, 2.24) is 10.2 Å². The summed E-state index contributed by atoms with van der Waals surface area (Å²) in [6.07, 6.45) is 4.30. The molecule has 0 aliphatic heterocycles. The zero-order valence-corrected chi connectivity index (χ0v) is 16.7. The highest BCUT2D eigenvalue weighted by Crippen LogP contribution is 2.30. The minimum absolute atomic E-state index is 0.00517. The minimum atomic E-state index is -0.00517. The Morgan fingerprint density at radius 2 is 1.54 bits per heavy atom. The summed E-state index contributed by atoms with van der Waals surface area (Å²) >= 11 is 0. The predicted octanol–water partition coefficient (Wildman–Crippen LogP) is 4.51. The standard InChI is InChI=1S/C24H28N2O2/c1-16(2)18-7-9-20(10-8-18)24(28)26(22-13-14-22)15-17-3-5-19(6-4-17)23(27)25-21-11-12-21/h3-10,16,21-22H,11-15H2,1-2H3,(H,25,27). The Bertz CT molecular complexity index is 847. The van der Waals surface area contributed by atoms with Crippen LogP contribution in [0.3, 0.4) is 0 Å². The van der Waals surface area contributed by atoms with E-state index in [1.165, 1.54) is 5.56 Å². The summed E-state index contributed by atoms with van der Waals surface area (Å²) in [4.78, 5) is 27.2. The lowest BCUT2D eigenvalue weighted by Crippen LogP contribution is -2.32. The maximum atomic E-state index is 13.1. The van der Waals surface area contributed by atoms with E-state index in [9.17, 15) is 9.59 Å². The van der Waals surface area contributed by atoms with Crippen molar-refractivity contribution in [2.45, 2.75) is 64.1 Å². The van der Waals surface area contributed by atoms with Gasteiger partial charge in [0.25, 0.3) is 11.8 Å². The topological polar surface area (TPSA) is 49.4 Å². The van der Waals surface area contributed by atoms with Gasteiger partial charge in [-0.2, -0.15) is 0 Å². The van der Waals surface area contributed by atoms with E-state index in [-0.39, 0.29) is 11.8 Å². The van der Waals surface area contributed by atoms with Crippen LogP contribution in [0.4, 0.5) is 0 Å². The van der Waals surface area contributed by atoms with Gasteiger partial charge in [-0.15, -0.1) is 0 Å². The zero-order valence-electron chi connectivity index (χ0n) is 16.7. The van der Waals surface area contributed by atoms with E-state index in [2.05, 4.69) is 31.3 Å². The van der Waals surface area contributed by atoms with Crippen LogP contribution < -0.4 is 5.32 Å². The second-order valence-corrected chi connectivity index (χ2v) is 8.39. The molecule has 0 spiro atoms. The Morgan fingerprint density at radius 3 is 2.07 bits per heavy atom. The highest BCUT2D eigenvalue weighted by Gasteiger charge is 2.33. The second-order valence-electron chi connectivity index (χ2n) is 8.39. The van der Waals surface area contributed by atoms with Gasteiger partial charge in [-0.3, -0.25) is 9.59 Å². The molecule has 4 nitrogen and oxygen atoms in total. The second kappa shape index (κ2) is 7.78. The molecule has 2 saturated carbocycles. The van der Waals surface area contributed by atoms with Crippen molar-refractivity contribution in [2.24, 2.45) is 0 Å². The lowest BCUT2D eigenvalue weighted by Gasteiger charge is -2.23. The third-order valence-corrected chi connectivity index (χ3v) is 5.55. The van der Waals surface area contributed by atoms with Crippen LogP contribution in [0.2, 0.25) is 0 Å². The Morgan fingerprint density at radius 1 is 0.929 bits per heavy atom. The number of carbonyl (C=O) groups is 2. The van der Waals surface area contributed by atoms with Crippen LogP contribution in [0, 0.1) is 0 Å². The normalized spacial score (nSPS) is 16.1. The molecule has 2 aliphatic rings. The SMILES string of the molecule is CC(C)c1ccc(C(=O)N(Cc2ccc(C(=O)NC3CC3)cc2)C2CC2)cc1. The third kappa shape index (κ3) is 4.44. The molecule has 2 aromatic carbocycles. The number of benzene rings is 2. The van der Waals surface area contributed by atoms with Crippen molar-refractivity contribution in [2.75, 3.05) is 0 Å². The molecule has 2 fully saturated rings.